The van der Waals surface area contributed by atoms with Gasteiger partial charge in [0.05, 0.1) is 0 Å². The largest absolute Gasteiger partial charge is 0.440 e. The van der Waals surface area contributed by atoms with Crippen molar-refractivity contribution in [3.8, 4) is 0 Å². The fraction of sp³-hybridized carbons (Fsp3) is 1.00. The third-order valence-corrected chi connectivity index (χ3v) is 12.8. The summed E-state index contributed by atoms with van der Waals surface area (Å²) in [4.78, 5) is 0. The topological polar surface area (TPSA) is 18.5 Å². The van der Waals surface area contributed by atoms with Gasteiger partial charge in [0.1, 0.15) is 0 Å². The third kappa shape index (κ3) is 10.5. The maximum atomic E-state index is 6.43. The monoisotopic (exact) mass is 306 g/mol. The molecule has 0 aliphatic carbocycles. The SMILES string of the molecule is CCCCCCC[Si](C)(C)O[Si](C)(C)O[SiH](C)C. The lowest BCUT2D eigenvalue weighted by molar-refractivity contribution is 0.399. The van der Waals surface area contributed by atoms with Crippen LogP contribution in [-0.2, 0) is 8.23 Å². The summed E-state index contributed by atoms with van der Waals surface area (Å²) in [6, 6.07) is 1.29. The molecule has 0 fully saturated rings. The second-order valence-electron chi connectivity index (χ2n) is 6.59. The van der Waals surface area contributed by atoms with Crippen LogP contribution in [0.4, 0.5) is 0 Å². The lowest BCUT2D eigenvalue weighted by atomic mass is 10.2. The average molecular weight is 307 g/mol. The zero-order valence-corrected chi connectivity index (χ0v) is 16.8. The predicted molar refractivity (Wildman–Crippen MR) is 89.6 cm³/mol. The molecule has 0 saturated heterocycles. The first kappa shape index (κ1) is 18.6. The molecule has 0 aliphatic heterocycles. The molecule has 0 saturated carbocycles. The van der Waals surface area contributed by atoms with E-state index in [2.05, 4.69) is 46.2 Å². The van der Waals surface area contributed by atoms with Gasteiger partial charge in [0.15, 0.2) is 17.4 Å². The van der Waals surface area contributed by atoms with Crippen LogP contribution in [0.5, 0.6) is 0 Å². The molecule has 18 heavy (non-hydrogen) atoms. The molecule has 0 bridgehead atoms. The van der Waals surface area contributed by atoms with E-state index in [1.165, 1.54) is 38.1 Å². The van der Waals surface area contributed by atoms with Crippen LogP contribution in [0.15, 0.2) is 0 Å². The Bertz CT molecular complexity index is 218. The van der Waals surface area contributed by atoms with Gasteiger partial charge in [-0.3, -0.25) is 0 Å². The van der Waals surface area contributed by atoms with Gasteiger partial charge in [-0.15, -0.1) is 0 Å². The van der Waals surface area contributed by atoms with Crippen LogP contribution in [0.2, 0.25) is 45.3 Å². The smallest absolute Gasteiger partial charge is 0.310 e. The standard InChI is InChI=1S/C13H34O2Si3/c1-8-9-10-11-12-13-17(4,5)15-18(6,7)14-16(2)3/h16H,8-13H2,1-7H3. The van der Waals surface area contributed by atoms with Crippen molar-refractivity contribution in [3.05, 3.63) is 0 Å². The van der Waals surface area contributed by atoms with Gasteiger partial charge in [-0.2, -0.15) is 0 Å². The van der Waals surface area contributed by atoms with Crippen LogP contribution >= 0.6 is 0 Å². The highest BCUT2D eigenvalue weighted by Gasteiger charge is 2.34. The minimum absolute atomic E-state index is 0.969. The zero-order chi connectivity index (χ0) is 14.2. The molecule has 0 aromatic carbocycles. The number of rotatable bonds is 10. The quantitative estimate of drug-likeness (QED) is 0.423. The first-order chi connectivity index (χ1) is 8.18. The molecular weight excluding hydrogens is 272 g/mol. The van der Waals surface area contributed by atoms with Crippen LogP contribution in [0.1, 0.15) is 39.0 Å². The summed E-state index contributed by atoms with van der Waals surface area (Å²) in [5.74, 6) is 0. The lowest BCUT2D eigenvalue weighted by Crippen LogP contribution is -2.48. The first-order valence-corrected chi connectivity index (χ1v) is 16.3. The van der Waals surface area contributed by atoms with E-state index in [0.29, 0.717) is 0 Å². The summed E-state index contributed by atoms with van der Waals surface area (Å²) < 4.78 is 12.5. The Balaban J connectivity index is 3.97. The molecular formula is C13H34O2Si3. The fourth-order valence-corrected chi connectivity index (χ4v) is 14.5. The van der Waals surface area contributed by atoms with Gasteiger partial charge < -0.3 is 8.23 Å². The molecule has 0 aromatic heterocycles. The van der Waals surface area contributed by atoms with Crippen LogP contribution in [0, 0.1) is 0 Å². The van der Waals surface area contributed by atoms with Crippen molar-refractivity contribution in [2.75, 3.05) is 0 Å². The number of unbranched alkanes of at least 4 members (excludes halogenated alkanes) is 4. The van der Waals surface area contributed by atoms with Crippen LogP contribution in [0.3, 0.4) is 0 Å². The van der Waals surface area contributed by atoms with Crippen LogP contribution in [0.25, 0.3) is 0 Å². The number of hydrogen-bond donors (Lipinski definition) is 0. The zero-order valence-electron chi connectivity index (χ0n) is 13.6. The number of hydrogen-bond acceptors (Lipinski definition) is 2. The molecule has 0 amide bonds. The van der Waals surface area contributed by atoms with Gasteiger partial charge in [-0.05, 0) is 45.3 Å². The molecule has 0 aromatic rings. The normalized spacial score (nSPS) is 13.3. The van der Waals surface area contributed by atoms with Crippen molar-refractivity contribution >= 4 is 25.9 Å². The molecule has 0 atom stereocenters. The van der Waals surface area contributed by atoms with E-state index < -0.39 is 25.9 Å². The molecule has 5 heteroatoms. The van der Waals surface area contributed by atoms with Crippen molar-refractivity contribution in [1.82, 2.24) is 0 Å². The van der Waals surface area contributed by atoms with Gasteiger partial charge in [0.2, 0.25) is 0 Å². The maximum Gasteiger partial charge on any atom is 0.310 e. The molecule has 0 rings (SSSR count). The van der Waals surface area contributed by atoms with E-state index in [1.807, 2.05) is 0 Å². The van der Waals surface area contributed by atoms with Crippen molar-refractivity contribution in [2.24, 2.45) is 0 Å². The Kier molecular flexibility index (Phi) is 8.96. The van der Waals surface area contributed by atoms with Gasteiger partial charge >= 0.3 is 8.56 Å². The van der Waals surface area contributed by atoms with Crippen LogP contribution < -0.4 is 0 Å². The summed E-state index contributed by atoms with van der Waals surface area (Å²) in [5.41, 5.74) is 0. The molecule has 0 radical (unpaired) electrons. The van der Waals surface area contributed by atoms with Crippen LogP contribution in [-0.4, -0.2) is 25.9 Å². The van der Waals surface area contributed by atoms with Crippen molar-refractivity contribution in [3.63, 3.8) is 0 Å². The Morgan fingerprint density at radius 2 is 1.44 bits per heavy atom. The Labute approximate surface area is 119 Å². The first-order valence-electron chi connectivity index (χ1n) is 7.56. The minimum atomic E-state index is -1.85. The third-order valence-electron chi connectivity index (χ3n) is 2.92. The molecule has 0 spiro atoms. The summed E-state index contributed by atoms with van der Waals surface area (Å²) in [6.07, 6.45) is 6.80. The van der Waals surface area contributed by atoms with E-state index in [4.69, 9.17) is 8.23 Å². The highest BCUT2D eigenvalue weighted by atomic mass is 28.5. The molecule has 0 N–H and O–H groups in total. The molecule has 0 aliphatic rings. The van der Waals surface area contributed by atoms with Gasteiger partial charge in [0.25, 0.3) is 0 Å². The van der Waals surface area contributed by atoms with Gasteiger partial charge in [-0.25, -0.2) is 0 Å². The van der Waals surface area contributed by atoms with E-state index in [9.17, 15) is 0 Å². The second-order valence-corrected chi connectivity index (χ2v) is 17.3. The van der Waals surface area contributed by atoms with Crippen molar-refractivity contribution < 1.29 is 8.23 Å². The predicted octanol–water partition coefficient (Wildman–Crippen LogP) is 4.88. The molecule has 2 nitrogen and oxygen atoms in total. The average Bonchev–Trinajstić information content (AvgIpc) is 2.12. The molecule has 0 unspecified atom stereocenters. The minimum Gasteiger partial charge on any atom is -0.440 e. The van der Waals surface area contributed by atoms with Crippen molar-refractivity contribution in [2.45, 2.75) is 84.4 Å². The highest BCUT2D eigenvalue weighted by molar-refractivity contribution is 6.84. The maximum absolute atomic E-state index is 6.43. The van der Waals surface area contributed by atoms with E-state index in [1.54, 1.807) is 0 Å². The van der Waals surface area contributed by atoms with E-state index in [-0.39, 0.29) is 0 Å². The Morgan fingerprint density at radius 3 is 1.94 bits per heavy atom. The fourth-order valence-electron chi connectivity index (χ4n) is 2.46. The Morgan fingerprint density at radius 1 is 0.889 bits per heavy atom. The molecule has 0 heterocycles. The second kappa shape index (κ2) is 8.68. The van der Waals surface area contributed by atoms with E-state index >= 15 is 0 Å². The summed E-state index contributed by atoms with van der Waals surface area (Å²) in [5, 5.41) is 0. The van der Waals surface area contributed by atoms with Crippen molar-refractivity contribution in [1.29, 1.82) is 0 Å². The van der Waals surface area contributed by atoms with Gasteiger partial charge in [0, 0.05) is 0 Å². The summed E-state index contributed by atoms with van der Waals surface area (Å²) >= 11 is 0. The van der Waals surface area contributed by atoms with Gasteiger partial charge in [-0.1, -0.05) is 39.0 Å². The lowest BCUT2D eigenvalue weighted by Gasteiger charge is -2.34. The van der Waals surface area contributed by atoms with E-state index in [0.717, 1.165) is 0 Å². The molecule has 110 valence electrons. The summed E-state index contributed by atoms with van der Waals surface area (Å²) in [7, 11) is -4.33. The summed E-state index contributed by atoms with van der Waals surface area (Å²) in [6.45, 7) is 15.9. The highest BCUT2D eigenvalue weighted by Crippen LogP contribution is 2.22. The Hall–Kier alpha value is 0.571.